The Bertz CT molecular complexity index is 530. The zero-order chi connectivity index (χ0) is 15.6. The van der Waals surface area contributed by atoms with Gasteiger partial charge in [0.1, 0.15) is 16.5 Å². The zero-order valence-electron chi connectivity index (χ0n) is 11.5. The lowest BCUT2D eigenvalue weighted by atomic mass is 10.1. The van der Waals surface area contributed by atoms with Gasteiger partial charge < -0.3 is 15.4 Å². The van der Waals surface area contributed by atoms with Crippen LogP contribution in [0.15, 0.2) is 12.1 Å². The molecular formula is C13H16F3N3OS. The summed E-state index contributed by atoms with van der Waals surface area (Å²) in [6, 6.07) is 2.24. The van der Waals surface area contributed by atoms with Gasteiger partial charge in [-0.1, -0.05) is 12.2 Å². The van der Waals surface area contributed by atoms with Crippen molar-refractivity contribution in [3.05, 3.63) is 23.4 Å². The minimum Gasteiger partial charge on any atom is -0.389 e. The van der Waals surface area contributed by atoms with Gasteiger partial charge in [-0.15, -0.1) is 0 Å². The van der Waals surface area contributed by atoms with Crippen molar-refractivity contribution in [3.63, 3.8) is 0 Å². The lowest BCUT2D eigenvalue weighted by molar-refractivity contribution is -0.141. The summed E-state index contributed by atoms with van der Waals surface area (Å²) in [6.45, 7) is 1.16. The molecule has 0 atom stereocenters. The number of anilines is 1. The second-order valence-corrected chi connectivity index (χ2v) is 5.32. The summed E-state index contributed by atoms with van der Waals surface area (Å²) in [5, 5.41) is 0. The van der Waals surface area contributed by atoms with Crippen LogP contribution in [0.25, 0.3) is 0 Å². The lowest BCUT2D eigenvalue weighted by Gasteiger charge is -2.33. The standard InChI is InChI=1S/C13H16F3N3OS/c1-19(8-4-6-20-7-5-8)12-9(11(17)21)2-3-10(18-12)13(14,15)16/h2-3,8H,4-7H2,1H3,(H2,17,21). The van der Waals surface area contributed by atoms with E-state index in [9.17, 15) is 13.2 Å². The van der Waals surface area contributed by atoms with Gasteiger partial charge in [0.15, 0.2) is 0 Å². The highest BCUT2D eigenvalue weighted by atomic mass is 32.1. The maximum atomic E-state index is 12.8. The third-order valence-electron chi connectivity index (χ3n) is 3.50. The predicted octanol–water partition coefficient (Wildman–Crippen LogP) is 2.35. The maximum Gasteiger partial charge on any atom is 0.433 e. The molecule has 8 heteroatoms. The summed E-state index contributed by atoms with van der Waals surface area (Å²) in [5.41, 5.74) is 5.01. The third-order valence-corrected chi connectivity index (χ3v) is 3.72. The summed E-state index contributed by atoms with van der Waals surface area (Å²) >= 11 is 4.91. The first-order chi connectivity index (χ1) is 9.80. The average Bonchev–Trinajstić information content (AvgIpc) is 2.45. The van der Waals surface area contributed by atoms with E-state index in [4.69, 9.17) is 22.7 Å². The molecule has 2 heterocycles. The fourth-order valence-corrected chi connectivity index (χ4v) is 2.47. The Morgan fingerprint density at radius 1 is 1.38 bits per heavy atom. The molecule has 116 valence electrons. The van der Waals surface area contributed by atoms with Crippen LogP contribution < -0.4 is 10.6 Å². The Hall–Kier alpha value is -1.41. The molecule has 1 aromatic heterocycles. The van der Waals surface area contributed by atoms with Gasteiger partial charge in [-0.2, -0.15) is 13.2 Å². The van der Waals surface area contributed by atoms with Crippen molar-refractivity contribution in [2.75, 3.05) is 25.2 Å². The normalized spacial score (nSPS) is 16.8. The smallest absolute Gasteiger partial charge is 0.389 e. The minimum atomic E-state index is -4.50. The molecule has 1 aromatic rings. The topological polar surface area (TPSA) is 51.4 Å². The lowest BCUT2D eigenvalue weighted by Crippen LogP contribution is -2.38. The second-order valence-electron chi connectivity index (χ2n) is 4.88. The Kier molecular flexibility index (Phi) is 4.67. The molecule has 0 bridgehead atoms. The van der Waals surface area contributed by atoms with Crippen molar-refractivity contribution in [2.24, 2.45) is 5.73 Å². The van der Waals surface area contributed by atoms with E-state index in [1.165, 1.54) is 6.07 Å². The van der Waals surface area contributed by atoms with Crippen LogP contribution in [-0.4, -0.2) is 36.3 Å². The van der Waals surface area contributed by atoms with E-state index in [-0.39, 0.29) is 16.8 Å². The Morgan fingerprint density at radius 2 is 2.00 bits per heavy atom. The fraction of sp³-hybridized carbons (Fsp3) is 0.538. The molecule has 0 aromatic carbocycles. The van der Waals surface area contributed by atoms with Crippen LogP contribution in [0.4, 0.5) is 19.0 Å². The first-order valence-corrected chi connectivity index (χ1v) is 6.90. The molecule has 0 radical (unpaired) electrons. The van der Waals surface area contributed by atoms with Crippen LogP contribution in [0.2, 0.25) is 0 Å². The number of alkyl halides is 3. The minimum absolute atomic E-state index is 0.0325. The van der Waals surface area contributed by atoms with Crippen LogP contribution in [0.1, 0.15) is 24.1 Å². The first kappa shape index (κ1) is 16.0. The molecule has 0 unspecified atom stereocenters. The highest BCUT2D eigenvalue weighted by molar-refractivity contribution is 7.80. The number of nitrogens with zero attached hydrogens (tertiary/aromatic N) is 2. The van der Waals surface area contributed by atoms with Crippen molar-refractivity contribution in [3.8, 4) is 0 Å². The highest BCUT2D eigenvalue weighted by Gasteiger charge is 2.34. The van der Waals surface area contributed by atoms with Gasteiger partial charge >= 0.3 is 6.18 Å². The van der Waals surface area contributed by atoms with Gasteiger partial charge in [0.2, 0.25) is 0 Å². The van der Waals surface area contributed by atoms with Crippen LogP contribution in [-0.2, 0) is 10.9 Å². The van der Waals surface area contributed by atoms with Crippen molar-refractivity contribution in [2.45, 2.75) is 25.1 Å². The Labute approximate surface area is 126 Å². The van der Waals surface area contributed by atoms with Gasteiger partial charge in [0.05, 0.1) is 5.56 Å². The fourth-order valence-electron chi connectivity index (χ4n) is 2.31. The number of halogens is 3. The summed E-state index contributed by atoms with van der Waals surface area (Å²) < 4.78 is 43.8. The number of ether oxygens (including phenoxy) is 1. The van der Waals surface area contributed by atoms with Crippen LogP contribution in [0.5, 0.6) is 0 Å². The Morgan fingerprint density at radius 3 is 2.52 bits per heavy atom. The van der Waals surface area contributed by atoms with E-state index in [0.29, 0.717) is 18.8 Å². The molecule has 1 saturated heterocycles. The van der Waals surface area contributed by atoms with Gasteiger partial charge in [-0.05, 0) is 25.0 Å². The number of thiocarbonyl (C=S) groups is 1. The molecule has 1 aliphatic heterocycles. The van der Waals surface area contributed by atoms with Gasteiger partial charge in [0.25, 0.3) is 0 Å². The van der Waals surface area contributed by atoms with Gasteiger partial charge in [-0.3, -0.25) is 0 Å². The number of hydrogen-bond acceptors (Lipinski definition) is 4. The predicted molar refractivity (Wildman–Crippen MR) is 77.4 cm³/mol. The molecule has 0 spiro atoms. The van der Waals surface area contributed by atoms with Gasteiger partial charge in [0, 0.05) is 26.3 Å². The van der Waals surface area contributed by atoms with Crippen molar-refractivity contribution >= 4 is 23.0 Å². The largest absolute Gasteiger partial charge is 0.433 e. The van der Waals surface area contributed by atoms with E-state index in [1.807, 2.05) is 0 Å². The van der Waals surface area contributed by atoms with E-state index >= 15 is 0 Å². The Balaban J connectivity index is 2.40. The second kappa shape index (κ2) is 6.15. The van der Waals surface area contributed by atoms with Crippen LogP contribution in [0.3, 0.4) is 0 Å². The maximum absolute atomic E-state index is 12.8. The summed E-state index contributed by atoms with van der Waals surface area (Å²) in [4.78, 5) is 5.48. The van der Waals surface area contributed by atoms with E-state index < -0.39 is 11.9 Å². The molecule has 4 nitrogen and oxygen atoms in total. The molecule has 1 fully saturated rings. The molecule has 0 amide bonds. The number of hydrogen-bond donors (Lipinski definition) is 1. The molecule has 2 rings (SSSR count). The third kappa shape index (κ3) is 3.62. The average molecular weight is 319 g/mol. The first-order valence-electron chi connectivity index (χ1n) is 6.49. The monoisotopic (exact) mass is 319 g/mol. The molecule has 1 aliphatic rings. The molecular weight excluding hydrogens is 303 g/mol. The van der Waals surface area contributed by atoms with Crippen molar-refractivity contribution in [1.29, 1.82) is 0 Å². The quantitative estimate of drug-likeness (QED) is 0.867. The summed E-state index contributed by atoms with van der Waals surface area (Å²) in [7, 11) is 1.71. The van der Waals surface area contributed by atoms with Gasteiger partial charge in [-0.25, -0.2) is 4.98 Å². The van der Waals surface area contributed by atoms with E-state index in [2.05, 4.69) is 4.98 Å². The molecule has 21 heavy (non-hydrogen) atoms. The van der Waals surface area contributed by atoms with Crippen LogP contribution in [0, 0.1) is 0 Å². The summed E-state index contributed by atoms with van der Waals surface area (Å²) in [5.74, 6) is 0.171. The van der Waals surface area contributed by atoms with Crippen molar-refractivity contribution < 1.29 is 17.9 Å². The summed E-state index contributed by atoms with van der Waals surface area (Å²) in [6.07, 6.45) is -3.05. The van der Waals surface area contributed by atoms with E-state index in [0.717, 1.165) is 18.9 Å². The number of aromatic nitrogens is 1. The number of rotatable bonds is 3. The molecule has 2 N–H and O–H groups in total. The SMILES string of the molecule is CN(c1nc(C(F)(F)F)ccc1C(N)=S)C1CCOCC1. The molecule has 0 saturated carbocycles. The molecule has 0 aliphatic carbocycles. The van der Waals surface area contributed by atoms with E-state index in [1.54, 1.807) is 11.9 Å². The highest BCUT2D eigenvalue weighted by Crippen LogP contribution is 2.31. The number of nitrogens with two attached hydrogens (primary N) is 1. The van der Waals surface area contributed by atoms with Crippen LogP contribution >= 0.6 is 12.2 Å². The zero-order valence-corrected chi connectivity index (χ0v) is 12.3. The van der Waals surface area contributed by atoms with Crippen molar-refractivity contribution in [1.82, 2.24) is 4.98 Å². The number of pyridine rings is 1.